The number of hydrogen-bond donors (Lipinski definition) is 1. The predicted octanol–water partition coefficient (Wildman–Crippen LogP) is 3.43. The molecule has 0 saturated heterocycles. The fourth-order valence-corrected chi connectivity index (χ4v) is 2.82. The van der Waals surface area contributed by atoms with Gasteiger partial charge in [0, 0.05) is 24.3 Å². The summed E-state index contributed by atoms with van der Waals surface area (Å²) in [6.07, 6.45) is -1.73. The van der Waals surface area contributed by atoms with Crippen molar-refractivity contribution in [1.82, 2.24) is 24.5 Å². The van der Waals surface area contributed by atoms with E-state index >= 15 is 0 Å². The molecule has 4 rings (SSSR count). The van der Waals surface area contributed by atoms with Crippen molar-refractivity contribution in [2.24, 2.45) is 7.05 Å². The normalized spacial score (nSPS) is 11.7. The Bertz CT molecular complexity index is 1180. The zero-order chi connectivity index (χ0) is 19.9. The van der Waals surface area contributed by atoms with Gasteiger partial charge in [0.15, 0.2) is 0 Å². The van der Waals surface area contributed by atoms with Crippen LogP contribution in [0.4, 0.5) is 18.9 Å². The van der Waals surface area contributed by atoms with Crippen molar-refractivity contribution in [2.45, 2.75) is 6.18 Å². The second-order valence-electron chi connectivity index (χ2n) is 6.02. The van der Waals surface area contributed by atoms with Crippen LogP contribution in [0.25, 0.3) is 16.6 Å². The molecule has 7 nitrogen and oxygen atoms in total. The maximum Gasteiger partial charge on any atom is 0.418 e. The molecule has 0 saturated carbocycles. The highest BCUT2D eigenvalue weighted by atomic mass is 19.4. The van der Waals surface area contributed by atoms with Crippen molar-refractivity contribution in [3.8, 4) is 5.69 Å². The van der Waals surface area contributed by atoms with Crippen LogP contribution in [0.2, 0.25) is 0 Å². The maximum atomic E-state index is 13.3. The van der Waals surface area contributed by atoms with Gasteiger partial charge in [-0.1, -0.05) is 12.1 Å². The van der Waals surface area contributed by atoms with Crippen LogP contribution >= 0.6 is 0 Å². The fraction of sp³-hybridized carbons (Fsp3) is 0.111. The van der Waals surface area contributed by atoms with Crippen molar-refractivity contribution < 1.29 is 18.0 Å². The largest absolute Gasteiger partial charge is 0.418 e. The van der Waals surface area contributed by atoms with Crippen molar-refractivity contribution in [3.05, 3.63) is 66.4 Å². The summed E-state index contributed by atoms with van der Waals surface area (Å²) in [5.41, 5.74) is 0.0251. The van der Waals surface area contributed by atoms with Crippen LogP contribution in [-0.2, 0) is 13.2 Å². The maximum absolute atomic E-state index is 13.3. The Morgan fingerprint density at radius 2 is 1.93 bits per heavy atom. The summed E-state index contributed by atoms with van der Waals surface area (Å²) < 4.78 is 42.3. The molecule has 0 spiro atoms. The number of carbonyl (C=O) groups excluding carboxylic acids is 1. The number of carbonyl (C=O) groups is 1. The molecule has 2 heterocycles. The third-order valence-electron chi connectivity index (χ3n) is 4.14. The first-order valence-corrected chi connectivity index (χ1v) is 8.14. The van der Waals surface area contributed by atoms with E-state index in [0.717, 1.165) is 6.07 Å². The van der Waals surface area contributed by atoms with Gasteiger partial charge in [0.1, 0.15) is 6.33 Å². The molecule has 0 aliphatic carbocycles. The van der Waals surface area contributed by atoms with Gasteiger partial charge in [0.05, 0.1) is 16.8 Å². The molecule has 142 valence electrons. The predicted molar refractivity (Wildman–Crippen MR) is 95.0 cm³/mol. The summed E-state index contributed by atoms with van der Waals surface area (Å²) in [4.78, 5) is 16.1. The van der Waals surface area contributed by atoms with Gasteiger partial charge in [-0.25, -0.2) is 14.3 Å². The first-order valence-electron chi connectivity index (χ1n) is 8.14. The zero-order valence-corrected chi connectivity index (χ0v) is 14.5. The van der Waals surface area contributed by atoms with Crippen LogP contribution in [0, 0.1) is 0 Å². The second kappa shape index (κ2) is 6.48. The van der Waals surface area contributed by atoms with Crippen LogP contribution in [0.5, 0.6) is 0 Å². The van der Waals surface area contributed by atoms with Crippen molar-refractivity contribution in [1.29, 1.82) is 0 Å². The molecule has 0 aliphatic heterocycles. The van der Waals surface area contributed by atoms with Gasteiger partial charge in [0.25, 0.3) is 5.91 Å². The fourth-order valence-electron chi connectivity index (χ4n) is 2.82. The Morgan fingerprint density at radius 1 is 1.14 bits per heavy atom. The van der Waals surface area contributed by atoms with E-state index in [1.807, 2.05) is 0 Å². The number of amides is 1. The molecule has 0 radical (unpaired) electrons. The number of hydrogen-bond acceptors (Lipinski definition) is 4. The molecule has 1 amide bonds. The molecular weight excluding hydrogens is 373 g/mol. The minimum Gasteiger partial charge on any atom is -0.319 e. The van der Waals surface area contributed by atoms with Crippen LogP contribution in [0.15, 0.2) is 55.0 Å². The van der Waals surface area contributed by atoms with Crippen molar-refractivity contribution in [2.75, 3.05) is 5.32 Å². The van der Waals surface area contributed by atoms with Crippen LogP contribution in [0.1, 0.15) is 16.2 Å². The molecule has 10 heteroatoms. The summed E-state index contributed by atoms with van der Waals surface area (Å²) in [7, 11) is 1.59. The molecule has 0 bridgehead atoms. The first kappa shape index (κ1) is 17.7. The van der Waals surface area contributed by atoms with Gasteiger partial charge in [-0.3, -0.25) is 4.79 Å². The number of aryl methyl sites for hydroxylation is 1. The molecule has 2 aromatic carbocycles. The third-order valence-corrected chi connectivity index (χ3v) is 4.14. The zero-order valence-electron chi connectivity index (χ0n) is 14.5. The van der Waals surface area contributed by atoms with Crippen molar-refractivity contribution in [3.63, 3.8) is 0 Å². The topological polar surface area (TPSA) is 77.6 Å². The van der Waals surface area contributed by atoms with Gasteiger partial charge in [-0.2, -0.15) is 23.4 Å². The quantitative estimate of drug-likeness (QED) is 0.585. The molecule has 0 unspecified atom stereocenters. The molecule has 0 aliphatic rings. The lowest BCUT2D eigenvalue weighted by atomic mass is 10.1. The summed E-state index contributed by atoms with van der Waals surface area (Å²) in [6, 6.07) is 10.1. The number of para-hydroxylation sites is 1. The van der Waals surface area contributed by atoms with Crippen LogP contribution < -0.4 is 5.32 Å². The highest BCUT2D eigenvalue weighted by Crippen LogP contribution is 2.34. The van der Waals surface area contributed by atoms with Gasteiger partial charge in [0.2, 0.25) is 5.82 Å². The van der Waals surface area contributed by atoms with Crippen LogP contribution in [-0.4, -0.2) is 30.5 Å². The third kappa shape index (κ3) is 3.20. The number of halogens is 3. The Hall–Kier alpha value is -3.69. The van der Waals surface area contributed by atoms with E-state index in [1.54, 1.807) is 25.2 Å². The molecule has 0 fully saturated rings. The number of rotatable bonds is 3. The molecule has 0 atom stereocenters. The van der Waals surface area contributed by atoms with Gasteiger partial charge >= 0.3 is 6.18 Å². The van der Waals surface area contributed by atoms with E-state index in [0.29, 0.717) is 16.6 Å². The summed E-state index contributed by atoms with van der Waals surface area (Å²) in [6.45, 7) is 0. The Labute approximate surface area is 156 Å². The number of benzene rings is 2. The summed E-state index contributed by atoms with van der Waals surface area (Å²) in [5.74, 6) is -0.328. The van der Waals surface area contributed by atoms with E-state index in [2.05, 4.69) is 20.5 Å². The molecular formula is C18H13F3N6O. The molecule has 28 heavy (non-hydrogen) atoms. The number of anilines is 1. The minimum absolute atomic E-state index is 0.0733. The Morgan fingerprint density at radius 3 is 2.64 bits per heavy atom. The van der Waals surface area contributed by atoms with E-state index in [4.69, 9.17) is 0 Å². The average Bonchev–Trinajstić information content (AvgIpc) is 3.26. The second-order valence-corrected chi connectivity index (χ2v) is 6.02. The number of nitrogens with zero attached hydrogens (tertiary/aromatic N) is 5. The number of aromatic nitrogens is 5. The van der Waals surface area contributed by atoms with Crippen LogP contribution in [0.3, 0.4) is 0 Å². The van der Waals surface area contributed by atoms with Gasteiger partial charge < -0.3 is 5.32 Å². The van der Waals surface area contributed by atoms with E-state index in [1.165, 1.54) is 40.1 Å². The average molecular weight is 386 g/mol. The highest BCUT2D eigenvalue weighted by molar-refractivity contribution is 6.02. The summed E-state index contributed by atoms with van der Waals surface area (Å²) in [5, 5.41) is 11.4. The van der Waals surface area contributed by atoms with Crippen molar-refractivity contribution >= 4 is 22.5 Å². The standard InChI is InChI=1S/C18H13F3N6O/c1-26-16(22-10-23-26)17(28)24-12-7-6-11-9-27(25-14(11)8-12)15-5-3-2-4-13(15)18(19,20)21/h2-10H,1H3,(H,24,28). The lowest BCUT2D eigenvalue weighted by molar-refractivity contribution is -0.137. The number of alkyl halides is 3. The Balaban J connectivity index is 1.68. The van der Waals surface area contributed by atoms with Gasteiger partial charge in [-0.05, 0) is 30.3 Å². The Kier molecular flexibility index (Phi) is 4.10. The molecule has 4 aromatic rings. The van der Waals surface area contributed by atoms with Gasteiger partial charge in [-0.15, -0.1) is 0 Å². The van der Waals surface area contributed by atoms with E-state index in [9.17, 15) is 18.0 Å². The SMILES string of the molecule is Cn1ncnc1C(=O)Nc1ccc2cn(-c3ccccc3C(F)(F)F)nc2c1. The lowest BCUT2D eigenvalue weighted by Crippen LogP contribution is -2.17. The van der Waals surface area contributed by atoms with E-state index in [-0.39, 0.29) is 11.5 Å². The number of nitrogens with one attached hydrogen (secondary N) is 1. The monoisotopic (exact) mass is 386 g/mol. The highest BCUT2D eigenvalue weighted by Gasteiger charge is 2.33. The summed E-state index contributed by atoms with van der Waals surface area (Å²) >= 11 is 0. The lowest BCUT2D eigenvalue weighted by Gasteiger charge is -2.12. The number of fused-ring (bicyclic) bond motifs is 1. The smallest absolute Gasteiger partial charge is 0.319 e. The first-order chi connectivity index (χ1) is 13.3. The van der Waals surface area contributed by atoms with E-state index < -0.39 is 17.6 Å². The minimum atomic E-state index is -4.50. The molecule has 1 N–H and O–H groups in total. The molecule has 2 aromatic heterocycles.